The van der Waals surface area contributed by atoms with Crippen molar-refractivity contribution in [2.45, 2.75) is 181 Å². The lowest BCUT2D eigenvalue weighted by Crippen LogP contribution is -2.67. The van der Waals surface area contributed by atoms with Gasteiger partial charge in [0.25, 0.3) is 5.91 Å². The molecule has 6 heterocycles. The van der Waals surface area contributed by atoms with Crippen molar-refractivity contribution >= 4 is 29.3 Å². The number of nitrogens with zero attached hydrogens (tertiary/aromatic N) is 6. The lowest BCUT2D eigenvalue weighted by Gasteiger charge is -2.50. The summed E-state index contributed by atoms with van der Waals surface area (Å²) in [7, 11) is 1.67. The number of fused-ring (bicyclic) bond motifs is 3. The van der Waals surface area contributed by atoms with Gasteiger partial charge in [0.2, 0.25) is 11.8 Å². The van der Waals surface area contributed by atoms with Crippen molar-refractivity contribution in [1.29, 1.82) is 0 Å². The van der Waals surface area contributed by atoms with E-state index in [1.54, 1.807) is 13.3 Å². The summed E-state index contributed by atoms with van der Waals surface area (Å²) in [6, 6.07) is 15.6. The van der Waals surface area contributed by atoms with Crippen molar-refractivity contribution in [2.75, 3.05) is 95.5 Å². The first-order valence-corrected chi connectivity index (χ1v) is 30.2. The summed E-state index contributed by atoms with van der Waals surface area (Å²) in [6.07, 6.45) is 28.9. The third-order valence-corrected chi connectivity index (χ3v) is 17.4. The maximum Gasteiger partial charge on any atom is 0.303 e. The Kier molecular flexibility index (Phi) is 23.6. The number of nitrogens with one attached hydrogen (secondary N) is 1. The average Bonchev–Trinajstić information content (AvgIpc) is 4.28. The number of carboxylic acids is 1. The fourth-order valence-corrected chi connectivity index (χ4v) is 12.3. The molecule has 2 bridgehead atoms. The SMILES string of the molecule is COc1ccc(C(=O)N(CC(C)(C)CCCCCCCCCCCCCCCCCC(=O)NCCCC[N+]23CCN(CC2)CC3)c2cccc(C)n2)c(N2CCC(COc3cc([C@@H](CC(=O)O)C4CC4)ccn3)CC2)c1. The summed E-state index contributed by atoms with van der Waals surface area (Å²) in [5.41, 5.74) is 3.30. The van der Waals surface area contributed by atoms with Crippen molar-refractivity contribution in [2.24, 2.45) is 17.3 Å². The summed E-state index contributed by atoms with van der Waals surface area (Å²) in [6.45, 7) is 19.2. The van der Waals surface area contributed by atoms with Gasteiger partial charge >= 0.3 is 5.97 Å². The number of methoxy groups -OCH3 is 1. The smallest absolute Gasteiger partial charge is 0.303 e. The molecule has 2 aromatic heterocycles. The normalized spacial score (nSPS) is 19.1. The molecule has 0 radical (unpaired) electrons. The van der Waals surface area contributed by atoms with Crippen LogP contribution in [0.1, 0.15) is 195 Å². The number of pyridine rings is 2. The van der Waals surface area contributed by atoms with Crippen molar-refractivity contribution in [1.82, 2.24) is 20.2 Å². The van der Waals surface area contributed by atoms with Gasteiger partial charge in [-0.25, -0.2) is 9.97 Å². The standard InChI is InChI=1S/C63H97N7O6/c1-50-23-22-24-58(66-50)69(62(74)55-29-28-54(75-4)46-57(55)68-36-31-51(32-37-68)48-76-60-45-53(30-35-65-60)56(47-61(72)73)52-26-27-52)49-63(2,3)33-19-17-15-13-11-9-7-5-6-8-10-12-14-16-18-25-59(71)64-34-20-21-41-70-42-38-67(39-43-70)40-44-70/h22-24,28-30,35,45-46,51-52,56H,5-21,25-27,31-34,36-44,47-49H2,1-4H3,(H-,64,71,72,73)/p+1/t56-/m0/s1. The Bertz CT molecular complexity index is 2220. The largest absolute Gasteiger partial charge is 0.497 e. The maximum atomic E-state index is 15.0. The Morgan fingerprint density at radius 2 is 1.43 bits per heavy atom. The van der Waals surface area contributed by atoms with Crippen molar-refractivity contribution < 1.29 is 33.4 Å². The Balaban J connectivity index is 0.752. The molecule has 420 valence electrons. The first-order chi connectivity index (χ1) is 36.9. The van der Waals surface area contributed by atoms with E-state index in [-0.39, 0.29) is 29.6 Å². The molecule has 0 spiro atoms. The third kappa shape index (κ3) is 19.3. The number of amides is 2. The Hall–Kier alpha value is -4.75. The number of aliphatic carboxylic acids is 1. The van der Waals surface area contributed by atoms with E-state index in [0.29, 0.717) is 48.7 Å². The third-order valence-electron chi connectivity index (χ3n) is 17.4. The predicted molar refractivity (Wildman–Crippen MR) is 307 cm³/mol. The summed E-state index contributed by atoms with van der Waals surface area (Å²) < 4.78 is 13.3. The number of aryl methyl sites for hydroxylation is 1. The molecule has 1 aliphatic carbocycles. The molecule has 1 aromatic carbocycles. The van der Waals surface area contributed by atoms with Crippen LogP contribution in [0, 0.1) is 24.2 Å². The molecule has 4 aliphatic heterocycles. The van der Waals surface area contributed by atoms with Crippen LogP contribution in [0.15, 0.2) is 54.7 Å². The second-order valence-electron chi connectivity index (χ2n) is 24.2. The zero-order valence-corrected chi connectivity index (χ0v) is 47.6. The van der Waals surface area contributed by atoms with Gasteiger partial charge in [-0.1, -0.05) is 110 Å². The summed E-state index contributed by atoms with van der Waals surface area (Å²) >= 11 is 0. The number of anilines is 2. The lowest BCUT2D eigenvalue weighted by atomic mass is 9.85. The van der Waals surface area contributed by atoms with E-state index in [2.05, 4.69) is 33.9 Å². The van der Waals surface area contributed by atoms with Gasteiger partial charge in [0.15, 0.2) is 0 Å². The van der Waals surface area contributed by atoms with Crippen LogP contribution in [0.4, 0.5) is 11.5 Å². The summed E-state index contributed by atoms with van der Waals surface area (Å²) in [4.78, 5) is 55.1. The fraction of sp³-hybridized carbons (Fsp3) is 0.698. The number of rotatable bonds is 36. The van der Waals surface area contributed by atoms with Crippen LogP contribution < -0.4 is 24.6 Å². The van der Waals surface area contributed by atoms with Crippen molar-refractivity contribution in [3.05, 3.63) is 71.5 Å². The van der Waals surface area contributed by atoms with E-state index in [1.807, 2.05) is 60.4 Å². The van der Waals surface area contributed by atoms with Crippen LogP contribution in [-0.4, -0.2) is 128 Å². The molecule has 13 nitrogen and oxygen atoms in total. The number of piperidine rings is 1. The number of benzene rings is 1. The minimum atomic E-state index is -0.769. The van der Waals surface area contributed by atoms with Gasteiger partial charge < -0.3 is 29.3 Å². The number of quaternary nitrogens is 1. The number of aromatic nitrogens is 2. The van der Waals surface area contributed by atoms with Crippen LogP contribution in [0.5, 0.6) is 11.6 Å². The minimum absolute atomic E-state index is 0.000793. The maximum absolute atomic E-state index is 15.0. The number of ether oxygens (including phenoxy) is 2. The van der Waals surface area contributed by atoms with E-state index < -0.39 is 5.97 Å². The quantitative estimate of drug-likeness (QED) is 0.0428. The van der Waals surface area contributed by atoms with Crippen LogP contribution in [0.3, 0.4) is 0 Å². The highest BCUT2D eigenvalue weighted by Gasteiger charge is 2.38. The molecule has 13 heteroatoms. The van der Waals surface area contributed by atoms with Gasteiger partial charge in [-0.15, -0.1) is 0 Å². The van der Waals surface area contributed by atoms with Gasteiger partial charge in [0.1, 0.15) is 11.6 Å². The molecule has 1 saturated carbocycles. The molecule has 0 unspecified atom stereocenters. The highest BCUT2D eigenvalue weighted by molar-refractivity contribution is 6.09. The Morgan fingerprint density at radius 3 is 2.05 bits per heavy atom. The molecule has 1 atom stereocenters. The van der Waals surface area contributed by atoms with E-state index in [0.717, 1.165) is 93.7 Å². The topological polar surface area (TPSA) is 137 Å². The van der Waals surface area contributed by atoms with Crippen LogP contribution >= 0.6 is 0 Å². The molecule has 2 amide bonds. The van der Waals surface area contributed by atoms with Gasteiger partial charge in [-0.3, -0.25) is 24.2 Å². The van der Waals surface area contributed by atoms with Crippen LogP contribution in [0.2, 0.25) is 0 Å². The Labute approximate surface area is 457 Å². The molecule has 2 N–H and O–H groups in total. The van der Waals surface area contributed by atoms with E-state index >= 15 is 0 Å². The highest BCUT2D eigenvalue weighted by atomic mass is 16.5. The zero-order valence-electron chi connectivity index (χ0n) is 47.6. The molecule has 5 aliphatic rings. The van der Waals surface area contributed by atoms with Gasteiger partial charge in [0, 0.05) is 76.3 Å². The monoisotopic (exact) mass is 1050 g/mol. The predicted octanol–water partition coefficient (Wildman–Crippen LogP) is 12.4. The molecule has 3 aromatic rings. The lowest BCUT2D eigenvalue weighted by molar-refractivity contribution is -0.941. The van der Waals surface area contributed by atoms with Gasteiger partial charge in [0.05, 0.1) is 57.6 Å². The first kappa shape index (κ1) is 58.9. The van der Waals surface area contributed by atoms with Crippen molar-refractivity contribution in [3.8, 4) is 11.6 Å². The van der Waals surface area contributed by atoms with Gasteiger partial charge in [-0.05, 0) is 117 Å². The van der Waals surface area contributed by atoms with E-state index in [9.17, 15) is 19.5 Å². The number of piperazine rings is 3. The number of carbonyl (C=O) groups excluding carboxylic acids is 2. The second-order valence-corrected chi connectivity index (χ2v) is 24.2. The zero-order chi connectivity index (χ0) is 53.6. The number of unbranched alkanes of at least 4 members (excludes halogenated alkanes) is 15. The van der Waals surface area contributed by atoms with Crippen LogP contribution in [-0.2, 0) is 9.59 Å². The number of hydrogen-bond donors (Lipinski definition) is 2. The molecule has 76 heavy (non-hydrogen) atoms. The second kappa shape index (κ2) is 30.4. The van der Waals surface area contributed by atoms with Crippen LogP contribution in [0.25, 0.3) is 0 Å². The summed E-state index contributed by atoms with van der Waals surface area (Å²) in [5.74, 6) is 2.14. The van der Waals surface area contributed by atoms with Gasteiger partial charge in [-0.2, -0.15) is 0 Å². The molecular formula is C63H98N7O6+. The number of carboxylic acid groups (broad SMARTS) is 1. The average molecular weight is 1050 g/mol. The van der Waals surface area contributed by atoms with Crippen molar-refractivity contribution in [3.63, 3.8) is 0 Å². The van der Waals surface area contributed by atoms with E-state index in [4.69, 9.17) is 14.5 Å². The molecule has 4 saturated heterocycles. The Morgan fingerprint density at radius 1 is 0.789 bits per heavy atom. The summed E-state index contributed by atoms with van der Waals surface area (Å²) in [5, 5.41) is 12.7. The molecular weight excluding hydrogens is 951 g/mol. The fourth-order valence-electron chi connectivity index (χ4n) is 12.3. The highest BCUT2D eigenvalue weighted by Crippen LogP contribution is 2.45. The van der Waals surface area contributed by atoms with E-state index in [1.165, 1.54) is 140 Å². The minimum Gasteiger partial charge on any atom is -0.497 e. The number of carbonyl (C=O) groups is 3. The molecule has 8 rings (SSSR count). The first-order valence-electron chi connectivity index (χ1n) is 30.2. The molecule has 5 fully saturated rings. The number of hydrogen-bond acceptors (Lipinski definition) is 9.